The Balaban J connectivity index is 0.00000225. The van der Waals surface area contributed by atoms with Crippen molar-refractivity contribution in [3.63, 3.8) is 0 Å². The van der Waals surface area contributed by atoms with Gasteiger partial charge in [-0.3, -0.25) is 0 Å². The van der Waals surface area contributed by atoms with Gasteiger partial charge in [0.15, 0.2) is 0 Å². The van der Waals surface area contributed by atoms with E-state index < -0.39 is 29.0 Å². The summed E-state index contributed by atoms with van der Waals surface area (Å²) in [6.07, 6.45) is 0. The van der Waals surface area contributed by atoms with Crippen molar-refractivity contribution in [1.29, 1.82) is 0 Å². The molecule has 1 aromatic rings. The first-order chi connectivity index (χ1) is 6.93. The summed E-state index contributed by atoms with van der Waals surface area (Å²) in [5.41, 5.74) is -1.24. The molecule has 0 fully saturated rings. The van der Waals surface area contributed by atoms with Crippen molar-refractivity contribution in [1.82, 2.24) is 0 Å². The van der Waals surface area contributed by atoms with Crippen LogP contribution in [0.1, 0.15) is 31.1 Å². The first-order valence-electron chi connectivity index (χ1n) is 3.77. The van der Waals surface area contributed by atoms with E-state index in [1.165, 1.54) is 0 Å². The normalized spacial score (nSPS) is 9.00. The van der Waals surface area contributed by atoms with Crippen LogP contribution >= 0.6 is 0 Å². The third-order valence-electron chi connectivity index (χ3n) is 1.73. The van der Waals surface area contributed by atoms with E-state index >= 15 is 0 Å². The molecule has 1 aromatic carbocycles. The maximum Gasteiger partial charge on any atom is 2.00 e. The Morgan fingerprint density at radius 2 is 1.31 bits per heavy atom. The maximum absolute atomic E-state index is 10.6. The van der Waals surface area contributed by atoms with Crippen LogP contribution < -0.4 is 0 Å². The van der Waals surface area contributed by atoms with Gasteiger partial charge in [-0.25, -0.2) is 14.4 Å². The van der Waals surface area contributed by atoms with Crippen LogP contribution in [-0.4, -0.2) is 33.2 Å². The molecule has 0 atom stereocenters. The minimum Gasteiger partial charge on any atom is -0.478 e. The Labute approximate surface area is 104 Å². The monoisotopic (exact) mass is 405 g/mol. The van der Waals surface area contributed by atoms with Crippen molar-refractivity contribution in [2.75, 3.05) is 0 Å². The summed E-state index contributed by atoms with van der Waals surface area (Å²) in [6, 6.07) is 2.81. The fourth-order valence-corrected chi connectivity index (χ4v) is 1.04. The van der Waals surface area contributed by atoms with Crippen LogP contribution in [0, 0.1) is 0 Å². The number of carboxylic acids is 3. The number of carbonyl (C=O) groups is 3. The third kappa shape index (κ3) is 2.90. The molecule has 0 unspecified atom stereocenters. The van der Waals surface area contributed by atoms with Crippen LogP contribution in [-0.2, 0) is 21.1 Å². The van der Waals surface area contributed by atoms with Crippen LogP contribution in [0.4, 0.5) is 0 Å². The van der Waals surface area contributed by atoms with Crippen LogP contribution in [0.25, 0.3) is 0 Å². The van der Waals surface area contributed by atoms with Gasteiger partial charge in [-0.2, -0.15) is 0 Å². The number of rotatable bonds is 3. The van der Waals surface area contributed by atoms with Gasteiger partial charge in [-0.15, -0.1) is 0 Å². The molecule has 0 radical (unpaired) electrons. The van der Waals surface area contributed by atoms with E-state index in [0.717, 1.165) is 18.2 Å². The van der Waals surface area contributed by atoms with Crippen LogP contribution in [0.15, 0.2) is 18.2 Å². The molecule has 0 heterocycles. The average Bonchev–Trinajstić information content (AvgIpc) is 2.16. The molecule has 0 aromatic heterocycles. The van der Waals surface area contributed by atoms with Gasteiger partial charge in [0.25, 0.3) is 0 Å². The summed E-state index contributed by atoms with van der Waals surface area (Å²) >= 11 is 0. The molecular weight excluding hydrogens is 399 g/mol. The zero-order chi connectivity index (χ0) is 11.6. The average molecular weight is 405 g/mol. The molecule has 6 nitrogen and oxygen atoms in total. The molecule has 7 heteroatoms. The minimum absolute atomic E-state index is 0. The molecule has 86 valence electrons. The molecule has 0 spiro atoms. The summed E-state index contributed by atoms with van der Waals surface area (Å²) in [5.74, 6) is -4.20. The van der Waals surface area contributed by atoms with Gasteiger partial charge in [0.2, 0.25) is 0 Å². The van der Waals surface area contributed by atoms with Crippen molar-refractivity contribution >= 4 is 17.9 Å². The fraction of sp³-hybridized carbons (Fsp3) is 0. The summed E-state index contributed by atoms with van der Waals surface area (Å²) in [6.45, 7) is 0. The summed E-state index contributed by atoms with van der Waals surface area (Å²) < 4.78 is 0. The van der Waals surface area contributed by atoms with Crippen LogP contribution in [0.3, 0.4) is 0 Å². The van der Waals surface area contributed by atoms with E-state index in [9.17, 15) is 14.4 Å². The van der Waals surface area contributed by atoms with Crippen LogP contribution in [0.5, 0.6) is 0 Å². The second kappa shape index (κ2) is 5.42. The van der Waals surface area contributed by atoms with Gasteiger partial charge in [0.05, 0.1) is 16.7 Å². The van der Waals surface area contributed by atoms with Gasteiger partial charge in [0.1, 0.15) is 0 Å². The minimum atomic E-state index is -1.48. The summed E-state index contributed by atoms with van der Waals surface area (Å²) in [7, 11) is 0. The number of hydrogen-bond acceptors (Lipinski definition) is 3. The summed E-state index contributed by atoms with van der Waals surface area (Å²) in [5, 5.41) is 25.9. The molecular formula is C9H6O6Pt+2. The van der Waals surface area contributed by atoms with E-state index in [0.29, 0.717) is 0 Å². The molecule has 0 aliphatic rings. The van der Waals surface area contributed by atoms with E-state index in [-0.39, 0.29) is 26.6 Å². The number of benzene rings is 1. The van der Waals surface area contributed by atoms with E-state index in [4.69, 9.17) is 15.3 Å². The Bertz CT molecular complexity index is 453. The van der Waals surface area contributed by atoms with E-state index in [1.807, 2.05) is 0 Å². The van der Waals surface area contributed by atoms with Crippen molar-refractivity contribution in [3.8, 4) is 0 Å². The van der Waals surface area contributed by atoms with Crippen LogP contribution in [0.2, 0.25) is 0 Å². The zero-order valence-corrected chi connectivity index (χ0v) is 9.89. The molecule has 1 rings (SSSR count). The first-order valence-corrected chi connectivity index (χ1v) is 3.77. The van der Waals surface area contributed by atoms with Gasteiger partial charge in [-0.05, 0) is 18.2 Å². The predicted octanol–water partition coefficient (Wildman–Crippen LogP) is 0.779. The maximum atomic E-state index is 10.6. The largest absolute Gasteiger partial charge is 2.00 e. The Morgan fingerprint density at radius 1 is 0.812 bits per heavy atom. The molecule has 16 heavy (non-hydrogen) atoms. The topological polar surface area (TPSA) is 112 Å². The number of aromatic carboxylic acids is 3. The van der Waals surface area contributed by atoms with E-state index in [1.54, 1.807) is 0 Å². The molecule has 3 N–H and O–H groups in total. The Morgan fingerprint density at radius 3 is 1.69 bits per heavy atom. The van der Waals surface area contributed by atoms with Crippen molar-refractivity contribution in [2.45, 2.75) is 0 Å². The van der Waals surface area contributed by atoms with Crippen molar-refractivity contribution in [3.05, 3.63) is 34.9 Å². The molecule has 0 aliphatic carbocycles. The number of carboxylic acid groups (broad SMARTS) is 3. The first kappa shape index (κ1) is 14.3. The quantitative estimate of drug-likeness (QED) is 0.686. The van der Waals surface area contributed by atoms with Gasteiger partial charge in [0, 0.05) is 0 Å². The zero-order valence-electron chi connectivity index (χ0n) is 7.61. The molecule has 0 bridgehead atoms. The predicted molar refractivity (Wildman–Crippen MR) is 47.3 cm³/mol. The standard InChI is InChI=1S/C9H6O6.Pt/c10-7(11)4-1-2-5(8(12)13)6(3-4)9(14)15;/h1-3H,(H,10,11)(H,12,13)(H,14,15);/q;+2. The molecule has 0 aliphatic heterocycles. The summed E-state index contributed by atoms with van der Waals surface area (Å²) in [4.78, 5) is 31.8. The smallest absolute Gasteiger partial charge is 0.478 e. The molecule has 0 saturated heterocycles. The third-order valence-corrected chi connectivity index (χ3v) is 1.73. The SMILES string of the molecule is O=C(O)c1ccc(C(=O)O)c(C(=O)O)c1.[Pt+2]. The Hall–Kier alpha value is -1.68. The molecule has 0 saturated carbocycles. The second-order valence-corrected chi connectivity index (χ2v) is 2.68. The van der Waals surface area contributed by atoms with Gasteiger partial charge in [-0.1, -0.05) is 0 Å². The number of hydrogen-bond donors (Lipinski definition) is 3. The van der Waals surface area contributed by atoms with Crippen molar-refractivity contribution in [2.24, 2.45) is 0 Å². The second-order valence-electron chi connectivity index (χ2n) is 2.68. The fourth-order valence-electron chi connectivity index (χ4n) is 1.04. The van der Waals surface area contributed by atoms with Gasteiger partial charge < -0.3 is 15.3 Å². The van der Waals surface area contributed by atoms with Crippen molar-refractivity contribution < 1.29 is 50.8 Å². The van der Waals surface area contributed by atoms with E-state index in [2.05, 4.69) is 0 Å². The van der Waals surface area contributed by atoms with Gasteiger partial charge >= 0.3 is 39.0 Å². The molecule has 0 amide bonds. The Kier molecular flexibility index (Phi) is 4.85.